The fraction of sp³-hybridized carbons (Fsp3) is 0.643. The maximum Gasteiger partial charge on any atom is 0.0700 e. The lowest BCUT2D eigenvalue weighted by Crippen LogP contribution is -2.39. The molecule has 3 unspecified atom stereocenters. The Morgan fingerprint density at radius 1 is 1.41 bits per heavy atom. The molecule has 0 saturated carbocycles. The van der Waals surface area contributed by atoms with Gasteiger partial charge in [-0.3, -0.25) is 4.98 Å². The van der Waals surface area contributed by atoms with E-state index >= 15 is 0 Å². The van der Waals surface area contributed by atoms with Crippen molar-refractivity contribution >= 4 is 0 Å². The van der Waals surface area contributed by atoms with Crippen LogP contribution in [0.25, 0.3) is 0 Å². The van der Waals surface area contributed by atoms with Gasteiger partial charge >= 0.3 is 0 Å². The molecule has 92 valence electrons. The summed E-state index contributed by atoms with van der Waals surface area (Å²) in [6.07, 6.45) is 7.01. The van der Waals surface area contributed by atoms with Gasteiger partial charge in [0.15, 0.2) is 0 Å². The number of aromatic nitrogens is 1. The van der Waals surface area contributed by atoms with Crippen molar-refractivity contribution in [2.24, 2.45) is 0 Å². The molecule has 1 N–H and O–H groups in total. The van der Waals surface area contributed by atoms with Crippen molar-refractivity contribution in [2.45, 2.75) is 50.8 Å². The minimum atomic E-state index is 0.337. The van der Waals surface area contributed by atoms with Crippen molar-refractivity contribution in [1.82, 2.24) is 10.3 Å². The highest BCUT2D eigenvalue weighted by Crippen LogP contribution is 2.29. The van der Waals surface area contributed by atoms with E-state index in [2.05, 4.69) is 23.3 Å². The fourth-order valence-electron chi connectivity index (χ4n) is 2.98. The molecule has 0 aromatic carbocycles. The minimum absolute atomic E-state index is 0.337. The van der Waals surface area contributed by atoms with Gasteiger partial charge < -0.3 is 10.1 Å². The van der Waals surface area contributed by atoms with E-state index in [1.807, 2.05) is 12.3 Å². The molecule has 1 fully saturated rings. The van der Waals surface area contributed by atoms with Gasteiger partial charge in [-0.1, -0.05) is 6.07 Å². The van der Waals surface area contributed by atoms with Crippen LogP contribution in [0.15, 0.2) is 18.3 Å². The van der Waals surface area contributed by atoms with Crippen LogP contribution in [0.5, 0.6) is 0 Å². The third-order valence-corrected chi connectivity index (χ3v) is 3.99. The number of aryl methyl sites for hydroxylation is 1. The van der Waals surface area contributed by atoms with E-state index in [1.165, 1.54) is 30.5 Å². The maximum absolute atomic E-state index is 5.61. The molecule has 1 aromatic heterocycles. The van der Waals surface area contributed by atoms with Gasteiger partial charge in [0.2, 0.25) is 0 Å². The van der Waals surface area contributed by atoms with Crippen molar-refractivity contribution in [3.05, 3.63) is 29.6 Å². The summed E-state index contributed by atoms with van der Waals surface area (Å²) in [5.74, 6) is 0. The summed E-state index contributed by atoms with van der Waals surface area (Å²) >= 11 is 0. The van der Waals surface area contributed by atoms with Gasteiger partial charge in [0.25, 0.3) is 0 Å². The second-order valence-corrected chi connectivity index (χ2v) is 5.13. The van der Waals surface area contributed by atoms with Gasteiger partial charge in [0.05, 0.1) is 17.8 Å². The number of rotatable bonds is 2. The summed E-state index contributed by atoms with van der Waals surface area (Å²) in [7, 11) is 0. The van der Waals surface area contributed by atoms with Crippen molar-refractivity contribution in [2.75, 3.05) is 6.61 Å². The molecule has 2 aliphatic rings. The molecule has 1 aromatic rings. The van der Waals surface area contributed by atoms with Gasteiger partial charge in [-0.2, -0.15) is 0 Å². The Labute approximate surface area is 103 Å². The highest BCUT2D eigenvalue weighted by atomic mass is 16.5. The van der Waals surface area contributed by atoms with E-state index in [1.54, 1.807) is 0 Å². The number of nitrogens with one attached hydrogen (secondary N) is 1. The number of hydrogen-bond donors (Lipinski definition) is 1. The molecule has 2 heterocycles. The molecule has 1 saturated heterocycles. The average molecular weight is 232 g/mol. The number of fused-ring (bicyclic) bond motifs is 1. The van der Waals surface area contributed by atoms with E-state index in [9.17, 15) is 0 Å². The van der Waals surface area contributed by atoms with E-state index in [0.717, 1.165) is 13.0 Å². The third kappa shape index (κ3) is 2.22. The van der Waals surface area contributed by atoms with Crippen LogP contribution < -0.4 is 5.32 Å². The highest BCUT2D eigenvalue weighted by molar-refractivity contribution is 5.25. The predicted molar refractivity (Wildman–Crippen MR) is 66.9 cm³/mol. The first-order chi connectivity index (χ1) is 8.34. The van der Waals surface area contributed by atoms with Gasteiger partial charge in [0.1, 0.15) is 0 Å². The Bertz CT molecular complexity index is 394. The average Bonchev–Trinajstić information content (AvgIpc) is 2.76. The molecule has 1 aliphatic heterocycles. The minimum Gasteiger partial charge on any atom is -0.377 e. The van der Waals surface area contributed by atoms with Crippen LogP contribution in [-0.4, -0.2) is 23.7 Å². The number of hydrogen-bond acceptors (Lipinski definition) is 3. The first-order valence-corrected chi connectivity index (χ1v) is 6.66. The summed E-state index contributed by atoms with van der Waals surface area (Å²) in [6.45, 7) is 3.05. The Morgan fingerprint density at radius 3 is 3.18 bits per heavy atom. The smallest absolute Gasteiger partial charge is 0.0700 e. The summed E-state index contributed by atoms with van der Waals surface area (Å²) < 4.78 is 5.61. The largest absolute Gasteiger partial charge is 0.377 e. The van der Waals surface area contributed by atoms with Crippen LogP contribution >= 0.6 is 0 Å². The van der Waals surface area contributed by atoms with Gasteiger partial charge in [-0.25, -0.2) is 0 Å². The summed E-state index contributed by atoms with van der Waals surface area (Å²) in [5.41, 5.74) is 2.68. The third-order valence-electron chi connectivity index (χ3n) is 3.99. The molecule has 3 atom stereocenters. The van der Waals surface area contributed by atoms with Crippen molar-refractivity contribution in [1.29, 1.82) is 0 Å². The lowest BCUT2D eigenvalue weighted by Gasteiger charge is -2.29. The standard InChI is InChI=1S/C14H20N2O/c1-10-12(7-9-17-10)16-13-6-2-4-11-5-3-8-15-14(11)13/h3,5,8,10,12-13,16H,2,4,6-7,9H2,1H3. The van der Waals surface area contributed by atoms with E-state index in [0.29, 0.717) is 18.2 Å². The second-order valence-electron chi connectivity index (χ2n) is 5.13. The molecule has 3 rings (SSSR count). The van der Waals surface area contributed by atoms with Crippen molar-refractivity contribution in [3.63, 3.8) is 0 Å². The first kappa shape index (κ1) is 11.2. The molecule has 0 spiro atoms. The van der Waals surface area contributed by atoms with Gasteiger partial charge in [-0.15, -0.1) is 0 Å². The zero-order chi connectivity index (χ0) is 11.7. The van der Waals surface area contributed by atoms with E-state index < -0.39 is 0 Å². The van der Waals surface area contributed by atoms with E-state index in [-0.39, 0.29) is 0 Å². The fourth-order valence-corrected chi connectivity index (χ4v) is 2.98. The number of nitrogens with zero attached hydrogens (tertiary/aromatic N) is 1. The van der Waals surface area contributed by atoms with Crippen molar-refractivity contribution < 1.29 is 4.74 Å². The van der Waals surface area contributed by atoms with Gasteiger partial charge in [0, 0.05) is 18.8 Å². The highest BCUT2D eigenvalue weighted by Gasteiger charge is 2.29. The van der Waals surface area contributed by atoms with E-state index in [4.69, 9.17) is 4.74 Å². The monoisotopic (exact) mass is 232 g/mol. The molecule has 0 radical (unpaired) electrons. The number of ether oxygens (including phenoxy) is 1. The molecular formula is C14H20N2O. The van der Waals surface area contributed by atoms with Gasteiger partial charge in [-0.05, 0) is 44.2 Å². The molecule has 1 aliphatic carbocycles. The predicted octanol–water partition coefficient (Wildman–Crippen LogP) is 2.23. The molecule has 17 heavy (non-hydrogen) atoms. The Balaban J connectivity index is 1.76. The lowest BCUT2D eigenvalue weighted by atomic mass is 9.91. The molecular weight excluding hydrogens is 212 g/mol. The lowest BCUT2D eigenvalue weighted by molar-refractivity contribution is 0.110. The Morgan fingerprint density at radius 2 is 2.35 bits per heavy atom. The van der Waals surface area contributed by atoms with Crippen LogP contribution in [0.3, 0.4) is 0 Å². The van der Waals surface area contributed by atoms with Crippen LogP contribution in [0.4, 0.5) is 0 Å². The Hall–Kier alpha value is -0.930. The molecule has 3 heteroatoms. The Kier molecular flexibility index (Phi) is 3.12. The first-order valence-electron chi connectivity index (χ1n) is 6.66. The number of pyridine rings is 1. The zero-order valence-corrected chi connectivity index (χ0v) is 10.4. The van der Waals surface area contributed by atoms with Crippen LogP contribution in [0.2, 0.25) is 0 Å². The van der Waals surface area contributed by atoms with Crippen molar-refractivity contribution in [3.8, 4) is 0 Å². The van der Waals surface area contributed by atoms with Crippen LogP contribution in [0, 0.1) is 0 Å². The summed E-state index contributed by atoms with van der Waals surface area (Å²) in [6, 6.07) is 5.18. The molecule has 0 amide bonds. The van der Waals surface area contributed by atoms with Crippen LogP contribution in [-0.2, 0) is 11.2 Å². The molecule has 0 bridgehead atoms. The summed E-state index contributed by atoms with van der Waals surface area (Å²) in [4.78, 5) is 4.56. The second kappa shape index (κ2) is 4.75. The maximum atomic E-state index is 5.61. The SMILES string of the molecule is CC1OCCC1NC1CCCc2cccnc21. The normalized spacial score (nSPS) is 32.4. The summed E-state index contributed by atoms with van der Waals surface area (Å²) in [5, 5.41) is 3.74. The topological polar surface area (TPSA) is 34.1 Å². The quantitative estimate of drug-likeness (QED) is 0.849. The molecule has 3 nitrogen and oxygen atoms in total. The zero-order valence-electron chi connectivity index (χ0n) is 10.4. The van der Waals surface area contributed by atoms with Crippen LogP contribution in [0.1, 0.15) is 43.5 Å².